The van der Waals surface area contributed by atoms with Gasteiger partial charge in [-0.2, -0.15) is 4.98 Å². The second kappa shape index (κ2) is 9.38. The zero-order chi connectivity index (χ0) is 21.8. The summed E-state index contributed by atoms with van der Waals surface area (Å²) in [6.07, 6.45) is 0. The Labute approximate surface area is 182 Å². The molecule has 1 amide bonds. The van der Waals surface area contributed by atoms with Gasteiger partial charge >= 0.3 is 0 Å². The topological polar surface area (TPSA) is 80.3 Å². The second-order valence-corrected chi connectivity index (χ2v) is 7.65. The maximum atomic E-state index is 13.0. The Hall–Kier alpha value is -3.07. The lowest BCUT2D eigenvalue weighted by Crippen LogP contribution is -2.49. The lowest BCUT2D eigenvalue weighted by atomic mass is 10.1. The molecule has 0 unspecified atom stereocenters. The van der Waals surface area contributed by atoms with Crippen LogP contribution in [0.15, 0.2) is 24.3 Å². The molecule has 0 bridgehead atoms. The summed E-state index contributed by atoms with van der Waals surface area (Å²) in [7, 11) is 3.16. The van der Waals surface area contributed by atoms with Gasteiger partial charge in [-0.15, -0.1) is 0 Å². The van der Waals surface area contributed by atoms with E-state index in [4.69, 9.17) is 19.2 Å². The van der Waals surface area contributed by atoms with Gasteiger partial charge in [0, 0.05) is 62.7 Å². The standard InChI is InChI=1S/C22H29N5O4/c1-16-12-20(24-22(23-16)27-8-10-31-11-9-27)25-4-6-26(7-5-25)21(28)17-13-18(29-2)15-19(14-17)30-3/h12-15H,4-11H2,1-3H3. The first-order valence-electron chi connectivity index (χ1n) is 10.5. The van der Waals surface area contributed by atoms with E-state index >= 15 is 0 Å². The predicted molar refractivity (Wildman–Crippen MR) is 117 cm³/mol. The predicted octanol–water partition coefficient (Wildman–Crippen LogP) is 1.60. The molecule has 0 radical (unpaired) electrons. The van der Waals surface area contributed by atoms with E-state index in [1.807, 2.05) is 17.9 Å². The van der Waals surface area contributed by atoms with Gasteiger partial charge in [0.1, 0.15) is 17.3 Å². The molecule has 4 rings (SSSR count). The van der Waals surface area contributed by atoms with Crippen LogP contribution >= 0.6 is 0 Å². The number of anilines is 2. The van der Waals surface area contributed by atoms with Crippen molar-refractivity contribution in [1.29, 1.82) is 0 Å². The minimum absolute atomic E-state index is 0.0234. The van der Waals surface area contributed by atoms with Crippen LogP contribution in [0.2, 0.25) is 0 Å². The van der Waals surface area contributed by atoms with E-state index in [1.165, 1.54) is 0 Å². The van der Waals surface area contributed by atoms with Gasteiger partial charge in [0.05, 0.1) is 27.4 Å². The molecule has 31 heavy (non-hydrogen) atoms. The van der Waals surface area contributed by atoms with Gasteiger partial charge in [-0.1, -0.05) is 0 Å². The summed E-state index contributed by atoms with van der Waals surface area (Å²) in [5, 5.41) is 0. The van der Waals surface area contributed by atoms with Crippen LogP contribution in [-0.2, 0) is 4.74 Å². The molecule has 166 valence electrons. The molecular formula is C22H29N5O4. The van der Waals surface area contributed by atoms with Gasteiger partial charge in [0.15, 0.2) is 0 Å². The van der Waals surface area contributed by atoms with Gasteiger partial charge < -0.3 is 28.9 Å². The number of ether oxygens (including phenoxy) is 3. The van der Waals surface area contributed by atoms with Crippen LogP contribution < -0.4 is 19.3 Å². The molecular weight excluding hydrogens is 398 g/mol. The average Bonchev–Trinajstić information content (AvgIpc) is 2.83. The third-order valence-corrected chi connectivity index (χ3v) is 5.61. The number of methoxy groups -OCH3 is 2. The minimum atomic E-state index is -0.0234. The Morgan fingerprint density at radius 1 is 0.871 bits per heavy atom. The summed E-state index contributed by atoms with van der Waals surface area (Å²) in [5.41, 5.74) is 1.51. The molecule has 0 atom stereocenters. The monoisotopic (exact) mass is 427 g/mol. The number of hydrogen-bond donors (Lipinski definition) is 0. The highest BCUT2D eigenvalue weighted by atomic mass is 16.5. The first-order valence-corrected chi connectivity index (χ1v) is 10.5. The van der Waals surface area contributed by atoms with Crippen molar-refractivity contribution in [2.24, 2.45) is 0 Å². The lowest BCUT2D eigenvalue weighted by Gasteiger charge is -2.36. The number of aryl methyl sites for hydroxylation is 1. The van der Waals surface area contributed by atoms with E-state index in [-0.39, 0.29) is 5.91 Å². The van der Waals surface area contributed by atoms with Crippen LogP contribution in [0.4, 0.5) is 11.8 Å². The maximum Gasteiger partial charge on any atom is 0.254 e. The fraction of sp³-hybridized carbons (Fsp3) is 0.500. The smallest absolute Gasteiger partial charge is 0.254 e. The fourth-order valence-corrected chi connectivity index (χ4v) is 3.86. The Bertz CT molecular complexity index is 902. The van der Waals surface area contributed by atoms with E-state index in [1.54, 1.807) is 32.4 Å². The zero-order valence-electron chi connectivity index (χ0n) is 18.3. The van der Waals surface area contributed by atoms with Crippen LogP contribution in [0, 0.1) is 6.92 Å². The van der Waals surface area contributed by atoms with Crippen molar-refractivity contribution in [2.75, 3.05) is 76.5 Å². The van der Waals surface area contributed by atoms with Gasteiger partial charge in [0.25, 0.3) is 5.91 Å². The molecule has 2 saturated heterocycles. The first-order chi connectivity index (χ1) is 15.1. The van der Waals surface area contributed by atoms with Crippen molar-refractivity contribution < 1.29 is 19.0 Å². The van der Waals surface area contributed by atoms with Crippen molar-refractivity contribution in [3.8, 4) is 11.5 Å². The summed E-state index contributed by atoms with van der Waals surface area (Å²) < 4.78 is 16.0. The molecule has 0 saturated carbocycles. The zero-order valence-corrected chi connectivity index (χ0v) is 18.3. The van der Waals surface area contributed by atoms with E-state index in [0.717, 1.165) is 30.5 Å². The quantitative estimate of drug-likeness (QED) is 0.712. The second-order valence-electron chi connectivity index (χ2n) is 7.65. The molecule has 0 aliphatic carbocycles. The SMILES string of the molecule is COc1cc(OC)cc(C(=O)N2CCN(c3cc(C)nc(N4CCOCC4)n3)CC2)c1. The number of carbonyl (C=O) groups excluding carboxylic acids is 1. The summed E-state index contributed by atoms with van der Waals surface area (Å²) >= 11 is 0. The normalized spacial score (nSPS) is 16.9. The Balaban J connectivity index is 1.44. The van der Waals surface area contributed by atoms with E-state index in [9.17, 15) is 4.79 Å². The lowest BCUT2D eigenvalue weighted by molar-refractivity contribution is 0.0745. The Morgan fingerprint density at radius 2 is 1.52 bits per heavy atom. The molecule has 2 fully saturated rings. The minimum Gasteiger partial charge on any atom is -0.497 e. The third-order valence-electron chi connectivity index (χ3n) is 5.61. The molecule has 3 heterocycles. The number of carbonyl (C=O) groups is 1. The molecule has 9 heteroatoms. The number of amides is 1. The molecule has 2 aromatic rings. The van der Waals surface area contributed by atoms with Gasteiger partial charge in [-0.25, -0.2) is 4.98 Å². The van der Waals surface area contributed by atoms with Crippen molar-refractivity contribution in [2.45, 2.75) is 6.92 Å². The molecule has 1 aromatic heterocycles. The van der Waals surface area contributed by atoms with Crippen molar-refractivity contribution in [3.05, 3.63) is 35.5 Å². The van der Waals surface area contributed by atoms with Crippen LogP contribution in [0.3, 0.4) is 0 Å². The third kappa shape index (κ3) is 4.82. The van der Waals surface area contributed by atoms with Gasteiger partial charge in [0.2, 0.25) is 5.95 Å². The van der Waals surface area contributed by atoms with Crippen LogP contribution in [-0.4, -0.2) is 87.5 Å². The molecule has 2 aliphatic heterocycles. The Morgan fingerprint density at radius 3 is 2.13 bits per heavy atom. The van der Waals surface area contributed by atoms with Gasteiger partial charge in [-0.05, 0) is 19.1 Å². The van der Waals surface area contributed by atoms with E-state index in [0.29, 0.717) is 56.5 Å². The van der Waals surface area contributed by atoms with Gasteiger partial charge in [-0.3, -0.25) is 4.79 Å². The molecule has 1 aromatic carbocycles. The molecule has 9 nitrogen and oxygen atoms in total. The maximum absolute atomic E-state index is 13.0. The Kier molecular flexibility index (Phi) is 6.41. The number of morpholine rings is 1. The number of hydrogen-bond acceptors (Lipinski definition) is 8. The molecule has 2 aliphatic rings. The van der Waals surface area contributed by atoms with E-state index in [2.05, 4.69) is 14.8 Å². The van der Waals surface area contributed by atoms with Crippen LogP contribution in [0.25, 0.3) is 0 Å². The highest BCUT2D eigenvalue weighted by Crippen LogP contribution is 2.25. The largest absolute Gasteiger partial charge is 0.497 e. The number of rotatable bonds is 5. The summed E-state index contributed by atoms with van der Waals surface area (Å²) in [6.45, 7) is 7.65. The highest BCUT2D eigenvalue weighted by Gasteiger charge is 2.25. The number of piperazine rings is 1. The summed E-state index contributed by atoms with van der Waals surface area (Å²) in [4.78, 5) is 28.7. The average molecular weight is 428 g/mol. The summed E-state index contributed by atoms with van der Waals surface area (Å²) in [5.74, 6) is 2.84. The molecule has 0 N–H and O–H groups in total. The van der Waals surface area contributed by atoms with Crippen molar-refractivity contribution in [3.63, 3.8) is 0 Å². The van der Waals surface area contributed by atoms with Crippen LogP contribution in [0.5, 0.6) is 11.5 Å². The molecule has 0 spiro atoms. The fourth-order valence-electron chi connectivity index (χ4n) is 3.86. The number of aromatic nitrogens is 2. The first kappa shape index (κ1) is 21.2. The van der Waals surface area contributed by atoms with E-state index < -0.39 is 0 Å². The van der Waals surface area contributed by atoms with Crippen molar-refractivity contribution >= 4 is 17.7 Å². The van der Waals surface area contributed by atoms with Crippen molar-refractivity contribution in [1.82, 2.24) is 14.9 Å². The summed E-state index contributed by atoms with van der Waals surface area (Å²) in [6, 6.07) is 7.27. The highest BCUT2D eigenvalue weighted by molar-refractivity contribution is 5.95. The number of nitrogens with zero attached hydrogens (tertiary/aromatic N) is 5. The number of benzene rings is 1. The van der Waals surface area contributed by atoms with Crippen LogP contribution in [0.1, 0.15) is 16.1 Å².